The van der Waals surface area contributed by atoms with Crippen molar-refractivity contribution in [2.45, 2.75) is 23.6 Å². The minimum Gasteiger partial charge on any atom is -0.347 e. The predicted molar refractivity (Wildman–Crippen MR) is 43.8 cm³/mol. The summed E-state index contributed by atoms with van der Waals surface area (Å²) in [5.41, 5.74) is 0. The van der Waals surface area contributed by atoms with E-state index in [4.69, 9.17) is 9.47 Å². The summed E-state index contributed by atoms with van der Waals surface area (Å²) in [6.45, 7) is 5.55. The summed E-state index contributed by atoms with van der Waals surface area (Å²) >= 11 is 2.31. The van der Waals surface area contributed by atoms with Gasteiger partial charge >= 0.3 is 0 Å². The van der Waals surface area contributed by atoms with Gasteiger partial charge in [0.05, 0.1) is 17.1 Å². The zero-order valence-electron chi connectivity index (χ0n) is 5.69. The Labute approximate surface area is 69.0 Å². The van der Waals surface area contributed by atoms with Crippen LogP contribution in [0.15, 0.2) is 0 Å². The van der Waals surface area contributed by atoms with Crippen LogP contribution in [0.4, 0.5) is 0 Å². The van der Waals surface area contributed by atoms with Crippen molar-refractivity contribution >= 4 is 22.6 Å². The molecule has 1 aliphatic rings. The van der Waals surface area contributed by atoms with E-state index in [9.17, 15) is 0 Å². The molecule has 3 heteroatoms. The third-order valence-corrected chi connectivity index (χ3v) is 2.71. The van der Waals surface area contributed by atoms with E-state index in [1.165, 1.54) is 0 Å². The maximum atomic E-state index is 5.37. The highest BCUT2D eigenvalue weighted by atomic mass is 127. The number of hydrogen-bond donors (Lipinski definition) is 0. The molecule has 0 bridgehead atoms. The lowest BCUT2D eigenvalue weighted by molar-refractivity contribution is -0.135. The Kier molecular flexibility index (Phi) is 2.34. The third kappa shape index (κ3) is 1.56. The van der Waals surface area contributed by atoms with Crippen molar-refractivity contribution in [1.82, 2.24) is 0 Å². The van der Waals surface area contributed by atoms with E-state index in [2.05, 4.69) is 29.5 Å². The zero-order valence-corrected chi connectivity index (χ0v) is 7.84. The van der Waals surface area contributed by atoms with Crippen LogP contribution in [0.3, 0.4) is 0 Å². The van der Waals surface area contributed by atoms with Crippen LogP contribution in [0.25, 0.3) is 0 Å². The molecule has 0 radical (unpaired) electrons. The Balaban J connectivity index is 2.51. The average Bonchev–Trinajstić information content (AvgIpc) is 2.16. The first kappa shape index (κ1) is 7.75. The van der Waals surface area contributed by atoms with Crippen molar-refractivity contribution in [3.05, 3.63) is 0 Å². The van der Waals surface area contributed by atoms with Crippen LogP contribution in [-0.4, -0.2) is 22.9 Å². The molecule has 0 N–H and O–H groups in total. The summed E-state index contributed by atoms with van der Waals surface area (Å²) in [4.78, 5) is 0. The molecule has 1 heterocycles. The maximum Gasteiger partial charge on any atom is 0.177 e. The summed E-state index contributed by atoms with van der Waals surface area (Å²) < 4.78 is 11.2. The Morgan fingerprint density at radius 3 is 2.11 bits per heavy atom. The van der Waals surface area contributed by atoms with E-state index in [1.54, 1.807) is 0 Å². The third-order valence-electron chi connectivity index (χ3n) is 1.58. The van der Waals surface area contributed by atoms with Gasteiger partial charge in [-0.05, 0) is 13.8 Å². The second kappa shape index (κ2) is 2.72. The van der Waals surface area contributed by atoms with Gasteiger partial charge < -0.3 is 9.47 Å². The van der Waals surface area contributed by atoms with Crippen LogP contribution in [0.5, 0.6) is 0 Å². The summed E-state index contributed by atoms with van der Waals surface area (Å²) in [5.74, 6) is -0.319. The van der Waals surface area contributed by atoms with E-state index >= 15 is 0 Å². The van der Waals surface area contributed by atoms with Gasteiger partial charge in [-0.3, -0.25) is 0 Å². The van der Waals surface area contributed by atoms with E-state index in [-0.39, 0.29) is 5.79 Å². The molecule has 1 rings (SSSR count). The van der Waals surface area contributed by atoms with Crippen molar-refractivity contribution in [3.63, 3.8) is 0 Å². The smallest absolute Gasteiger partial charge is 0.177 e. The second-order valence-electron chi connectivity index (χ2n) is 2.33. The van der Waals surface area contributed by atoms with Crippen LogP contribution in [0.2, 0.25) is 0 Å². The van der Waals surface area contributed by atoms with Crippen LogP contribution in [0, 0.1) is 0 Å². The van der Waals surface area contributed by atoms with Crippen molar-refractivity contribution < 1.29 is 9.47 Å². The number of halogens is 1. The van der Waals surface area contributed by atoms with Crippen LogP contribution in [0.1, 0.15) is 13.8 Å². The normalized spacial score (nSPS) is 28.3. The first-order valence-electron chi connectivity index (χ1n) is 3.07. The van der Waals surface area contributed by atoms with E-state index < -0.39 is 0 Å². The first-order chi connectivity index (χ1) is 4.15. The van der Waals surface area contributed by atoms with Gasteiger partial charge in [0, 0.05) is 0 Å². The lowest BCUT2D eigenvalue weighted by atomic mass is 10.2. The summed E-state index contributed by atoms with van der Waals surface area (Å²) in [6.07, 6.45) is 0. The lowest BCUT2D eigenvalue weighted by Gasteiger charge is -2.24. The largest absolute Gasteiger partial charge is 0.347 e. The second-order valence-corrected chi connectivity index (χ2v) is 4.20. The molecule has 1 atom stereocenters. The molecule has 0 aromatic heterocycles. The van der Waals surface area contributed by atoms with Crippen LogP contribution >= 0.6 is 22.6 Å². The van der Waals surface area contributed by atoms with Crippen LogP contribution < -0.4 is 0 Å². The van der Waals surface area contributed by atoms with Gasteiger partial charge in [0.25, 0.3) is 0 Å². The summed E-state index contributed by atoms with van der Waals surface area (Å²) in [7, 11) is 0. The molecule has 0 spiro atoms. The van der Waals surface area contributed by atoms with E-state index in [1.807, 2.05) is 6.92 Å². The number of alkyl halides is 1. The van der Waals surface area contributed by atoms with Crippen LogP contribution in [-0.2, 0) is 9.47 Å². The van der Waals surface area contributed by atoms with Crippen molar-refractivity contribution in [3.8, 4) is 0 Å². The monoisotopic (exact) mass is 242 g/mol. The highest BCUT2D eigenvalue weighted by molar-refractivity contribution is 14.1. The Hall–Kier alpha value is 0.650. The molecular weight excluding hydrogens is 231 g/mol. The van der Waals surface area contributed by atoms with E-state index in [0.29, 0.717) is 3.92 Å². The zero-order chi connectivity index (χ0) is 6.91. The Bertz CT molecular complexity index is 97.2. The molecule has 0 amide bonds. The van der Waals surface area contributed by atoms with E-state index in [0.717, 1.165) is 13.2 Å². The van der Waals surface area contributed by atoms with Gasteiger partial charge in [0.1, 0.15) is 0 Å². The van der Waals surface area contributed by atoms with Gasteiger partial charge in [0.2, 0.25) is 0 Å². The molecule has 0 aliphatic carbocycles. The number of rotatable bonds is 1. The molecule has 1 saturated heterocycles. The van der Waals surface area contributed by atoms with Gasteiger partial charge in [-0.15, -0.1) is 0 Å². The van der Waals surface area contributed by atoms with Crippen molar-refractivity contribution in [2.75, 3.05) is 13.2 Å². The maximum absolute atomic E-state index is 5.37. The van der Waals surface area contributed by atoms with Gasteiger partial charge in [-0.2, -0.15) is 0 Å². The van der Waals surface area contributed by atoms with Gasteiger partial charge in [-0.25, -0.2) is 0 Å². The highest BCUT2D eigenvalue weighted by Crippen LogP contribution is 2.27. The van der Waals surface area contributed by atoms with Gasteiger partial charge in [-0.1, -0.05) is 22.6 Å². The number of ether oxygens (including phenoxy) is 2. The molecule has 2 nitrogen and oxygen atoms in total. The fourth-order valence-corrected chi connectivity index (χ4v) is 1.12. The standard InChI is InChI=1S/C6H11IO2/c1-5(7)6(2)8-3-4-9-6/h5H,3-4H2,1-2H3. The first-order valence-corrected chi connectivity index (χ1v) is 4.32. The minimum atomic E-state index is -0.319. The molecule has 1 aliphatic heterocycles. The fraction of sp³-hybridized carbons (Fsp3) is 1.00. The minimum absolute atomic E-state index is 0.319. The highest BCUT2D eigenvalue weighted by Gasteiger charge is 2.35. The molecule has 9 heavy (non-hydrogen) atoms. The average molecular weight is 242 g/mol. The molecule has 0 aromatic rings. The van der Waals surface area contributed by atoms with Crippen molar-refractivity contribution in [1.29, 1.82) is 0 Å². The quantitative estimate of drug-likeness (QED) is 0.513. The lowest BCUT2D eigenvalue weighted by Crippen LogP contribution is -2.34. The SMILES string of the molecule is CC(I)C1(C)OCCO1. The summed E-state index contributed by atoms with van der Waals surface area (Å²) in [6, 6.07) is 0. The van der Waals surface area contributed by atoms with Gasteiger partial charge in [0.15, 0.2) is 5.79 Å². The predicted octanol–water partition coefficient (Wildman–Crippen LogP) is 1.57. The molecule has 1 unspecified atom stereocenters. The topological polar surface area (TPSA) is 18.5 Å². The molecule has 0 aromatic carbocycles. The number of hydrogen-bond acceptors (Lipinski definition) is 2. The Morgan fingerprint density at radius 2 is 1.89 bits per heavy atom. The summed E-state index contributed by atoms with van der Waals surface area (Å²) in [5, 5.41) is 0. The Morgan fingerprint density at radius 1 is 1.44 bits per heavy atom. The fourth-order valence-electron chi connectivity index (χ4n) is 0.760. The molecule has 54 valence electrons. The molecule has 0 saturated carbocycles. The molecule has 1 fully saturated rings. The molecular formula is C6H11IO2. The van der Waals surface area contributed by atoms with Crippen molar-refractivity contribution in [2.24, 2.45) is 0 Å².